The van der Waals surface area contributed by atoms with Gasteiger partial charge in [-0.05, 0) is 27.8 Å². The quantitative estimate of drug-likeness (QED) is 0.616. The molecule has 2 heterocycles. The largest absolute Gasteiger partial charge is 0.443 e. The molecule has 0 radical (unpaired) electrons. The number of likely N-dealkylation sites (tertiary alicyclic amines) is 1. The average Bonchev–Trinajstić information content (AvgIpc) is 2.67. The van der Waals surface area contributed by atoms with Gasteiger partial charge in [0.25, 0.3) is 0 Å². The van der Waals surface area contributed by atoms with E-state index in [4.69, 9.17) is 4.74 Å². The molecular formula is C11H21N3O3. The van der Waals surface area contributed by atoms with Crippen molar-refractivity contribution < 1.29 is 14.6 Å². The van der Waals surface area contributed by atoms with Crippen LogP contribution in [0.1, 0.15) is 20.8 Å². The van der Waals surface area contributed by atoms with E-state index in [2.05, 4.69) is 10.3 Å². The van der Waals surface area contributed by atoms with Crippen molar-refractivity contribution in [1.29, 1.82) is 0 Å². The SMILES string of the molecule is CN1CC(O)C2NN(C(=O)OC(C)(C)C)CC21. The van der Waals surface area contributed by atoms with Gasteiger partial charge in [0, 0.05) is 12.6 Å². The van der Waals surface area contributed by atoms with E-state index < -0.39 is 11.7 Å². The molecule has 98 valence electrons. The number of hydrogen-bond donors (Lipinski definition) is 2. The molecule has 0 aliphatic carbocycles. The fraction of sp³-hybridized carbons (Fsp3) is 0.909. The molecule has 1 amide bonds. The van der Waals surface area contributed by atoms with Crippen molar-refractivity contribution >= 4 is 6.09 Å². The second-order valence-corrected chi connectivity index (χ2v) is 5.82. The summed E-state index contributed by atoms with van der Waals surface area (Å²) in [6, 6.07) is 0.0880. The minimum absolute atomic E-state index is 0.0764. The molecule has 6 nitrogen and oxygen atoms in total. The van der Waals surface area contributed by atoms with Crippen LogP contribution in [0.25, 0.3) is 0 Å². The third kappa shape index (κ3) is 2.53. The monoisotopic (exact) mass is 243 g/mol. The summed E-state index contributed by atoms with van der Waals surface area (Å²) in [5, 5.41) is 11.3. The van der Waals surface area contributed by atoms with Crippen LogP contribution in [0.4, 0.5) is 4.79 Å². The summed E-state index contributed by atoms with van der Waals surface area (Å²) in [4.78, 5) is 13.9. The predicted octanol–water partition coefficient (Wildman–Crippen LogP) is -0.215. The van der Waals surface area contributed by atoms with E-state index >= 15 is 0 Å². The zero-order valence-corrected chi connectivity index (χ0v) is 10.8. The van der Waals surface area contributed by atoms with Crippen LogP contribution in [0.3, 0.4) is 0 Å². The number of hydrazine groups is 1. The number of hydrogen-bond acceptors (Lipinski definition) is 5. The Morgan fingerprint density at radius 2 is 2.06 bits per heavy atom. The number of nitrogens with one attached hydrogen (secondary N) is 1. The van der Waals surface area contributed by atoms with Crippen LogP contribution < -0.4 is 5.43 Å². The predicted molar refractivity (Wildman–Crippen MR) is 62.3 cm³/mol. The topological polar surface area (TPSA) is 65.0 Å². The first-order chi connectivity index (χ1) is 7.78. The molecule has 2 saturated heterocycles. The van der Waals surface area contributed by atoms with Gasteiger partial charge in [0.2, 0.25) is 0 Å². The Morgan fingerprint density at radius 1 is 1.41 bits per heavy atom. The van der Waals surface area contributed by atoms with E-state index in [1.807, 2.05) is 27.8 Å². The number of fused-ring (bicyclic) bond motifs is 1. The van der Waals surface area contributed by atoms with Crippen molar-refractivity contribution in [3.8, 4) is 0 Å². The van der Waals surface area contributed by atoms with Crippen LogP contribution in [0, 0.1) is 0 Å². The maximum Gasteiger partial charge on any atom is 0.424 e. The van der Waals surface area contributed by atoms with Crippen molar-refractivity contribution in [2.24, 2.45) is 0 Å². The molecule has 17 heavy (non-hydrogen) atoms. The maximum absolute atomic E-state index is 11.8. The van der Waals surface area contributed by atoms with Crippen LogP contribution >= 0.6 is 0 Å². The fourth-order valence-electron chi connectivity index (χ4n) is 2.36. The molecular weight excluding hydrogens is 222 g/mol. The number of β-amino-alcohol motifs (C(OH)–C–C–N with tert-alkyl or cyclic N) is 1. The highest BCUT2D eigenvalue weighted by molar-refractivity contribution is 5.68. The number of aliphatic hydroxyl groups excluding tert-OH is 1. The smallest absolute Gasteiger partial charge is 0.424 e. The summed E-state index contributed by atoms with van der Waals surface area (Å²) in [6.07, 6.45) is -0.815. The van der Waals surface area contributed by atoms with Gasteiger partial charge in [-0.25, -0.2) is 15.2 Å². The Hall–Kier alpha value is -0.850. The lowest BCUT2D eigenvalue weighted by atomic mass is 10.1. The standard InChI is InChI=1S/C11H21N3O3/c1-11(2,3)17-10(16)14-5-7-9(12-14)8(15)6-13(7)4/h7-9,12,15H,5-6H2,1-4H3. The molecule has 3 atom stereocenters. The molecule has 2 rings (SSSR count). The van der Waals surface area contributed by atoms with Gasteiger partial charge in [0.15, 0.2) is 0 Å². The lowest BCUT2D eigenvalue weighted by molar-refractivity contribution is 0.0149. The Morgan fingerprint density at radius 3 is 2.59 bits per heavy atom. The fourth-order valence-corrected chi connectivity index (χ4v) is 2.36. The highest BCUT2D eigenvalue weighted by Gasteiger charge is 2.47. The third-order valence-electron chi connectivity index (χ3n) is 3.16. The number of carbonyl (C=O) groups is 1. The first-order valence-corrected chi connectivity index (χ1v) is 5.93. The lowest BCUT2D eigenvalue weighted by Crippen LogP contribution is -2.46. The average molecular weight is 243 g/mol. The van der Waals surface area contributed by atoms with Crippen molar-refractivity contribution in [3.05, 3.63) is 0 Å². The molecule has 0 aromatic heterocycles. The van der Waals surface area contributed by atoms with Crippen LogP contribution in [0.5, 0.6) is 0 Å². The first kappa shape index (κ1) is 12.6. The van der Waals surface area contributed by atoms with Gasteiger partial charge < -0.3 is 9.84 Å². The maximum atomic E-state index is 11.8. The zero-order valence-electron chi connectivity index (χ0n) is 10.8. The lowest BCUT2D eigenvalue weighted by Gasteiger charge is -2.25. The number of amides is 1. The number of nitrogens with zero attached hydrogens (tertiary/aromatic N) is 2. The van der Waals surface area contributed by atoms with Gasteiger partial charge in [0.1, 0.15) is 5.60 Å². The molecule has 0 aromatic rings. The molecule has 2 N–H and O–H groups in total. The molecule has 0 bridgehead atoms. The molecule has 2 aliphatic heterocycles. The highest BCUT2D eigenvalue weighted by atomic mass is 16.6. The van der Waals surface area contributed by atoms with Crippen molar-refractivity contribution in [3.63, 3.8) is 0 Å². The summed E-state index contributed by atoms with van der Waals surface area (Å²) >= 11 is 0. The number of ether oxygens (including phenoxy) is 1. The highest BCUT2D eigenvalue weighted by Crippen LogP contribution is 2.24. The van der Waals surface area contributed by atoms with Gasteiger partial charge in [-0.15, -0.1) is 0 Å². The second-order valence-electron chi connectivity index (χ2n) is 5.82. The number of carbonyl (C=O) groups excluding carboxylic acids is 1. The summed E-state index contributed by atoms with van der Waals surface area (Å²) in [6.45, 7) is 6.70. The van der Waals surface area contributed by atoms with Gasteiger partial charge in [-0.1, -0.05) is 0 Å². The number of likely N-dealkylation sites (N-methyl/N-ethyl adjacent to an activating group) is 1. The van der Waals surface area contributed by atoms with Crippen LogP contribution in [-0.2, 0) is 4.74 Å². The minimum atomic E-state index is -0.499. The van der Waals surface area contributed by atoms with E-state index in [0.717, 1.165) is 0 Å². The first-order valence-electron chi connectivity index (χ1n) is 5.93. The van der Waals surface area contributed by atoms with Gasteiger partial charge >= 0.3 is 6.09 Å². The number of rotatable bonds is 0. The second kappa shape index (κ2) is 4.12. The normalized spacial score (nSPS) is 33.9. The van der Waals surface area contributed by atoms with E-state index in [9.17, 15) is 9.90 Å². The van der Waals surface area contributed by atoms with E-state index in [1.54, 1.807) is 0 Å². The summed E-state index contributed by atoms with van der Waals surface area (Å²) in [5.74, 6) is 0. The molecule has 3 unspecified atom stereocenters. The van der Waals surface area contributed by atoms with Crippen LogP contribution in [0.2, 0.25) is 0 Å². The Kier molecular flexibility index (Phi) is 3.05. The number of aliphatic hydroxyl groups is 1. The molecule has 2 fully saturated rings. The van der Waals surface area contributed by atoms with Gasteiger partial charge in [0.05, 0.1) is 18.7 Å². The molecule has 0 saturated carbocycles. The van der Waals surface area contributed by atoms with E-state index in [1.165, 1.54) is 5.01 Å². The van der Waals surface area contributed by atoms with Gasteiger partial charge in [-0.3, -0.25) is 4.90 Å². The van der Waals surface area contributed by atoms with Crippen molar-refractivity contribution in [2.75, 3.05) is 20.1 Å². The Labute approximate surface area is 101 Å². The third-order valence-corrected chi connectivity index (χ3v) is 3.16. The van der Waals surface area contributed by atoms with Crippen molar-refractivity contribution in [2.45, 2.75) is 44.6 Å². The van der Waals surface area contributed by atoms with Gasteiger partial charge in [-0.2, -0.15) is 0 Å². The Bertz CT molecular complexity index is 300. The molecule has 0 spiro atoms. The van der Waals surface area contributed by atoms with E-state index in [0.29, 0.717) is 13.1 Å². The molecule has 0 aromatic carbocycles. The minimum Gasteiger partial charge on any atom is -0.443 e. The Balaban J connectivity index is 1.97. The van der Waals surface area contributed by atoms with Crippen molar-refractivity contribution in [1.82, 2.24) is 15.3 Å². The molecule has 6 heteroatoms. The zero-order chi connectivity index (χ0) is 12.8. The van der Waals surface area contributed by atoms with Crippen LogP contribution in [-0.4, -0.2) is 65.0 Å². The summed E-state index contributed by atoms with van der Waals surface area (Å²) < 4.78 is 5.28. The summed E-state index contributed by atoms with van der Waals surface area (Å²) in [5.41, 5.74) is 2.52. The van der Waals surface area contributed by atoms with Crippen LogP contribution in [0.15, 0.2) is 0 Å². The molecule has 2 aliphatic rings. The van der Waals surface area contributed by atoms with E-state index in [-0.39, 0.29) is 18.2 Å². The summed E-state index contributed by atoms with van der Waals surface area (Å²) in [7, 11) is 1.95.